The highest BCUT2D eigenvalue weighted by Gasteiger charge is 2.23. The van der Waals surface area contributed by atoms with Crippen molar-refractivity contribution in [2.45, 2.75) is 25.8 Å². The van der Waals surface area contributed by atoms with E-state index in [1.807, 2.05) is 13.0 Å². The van der Waals surface area contributed by atoms with Gasteiger partial charge in [-0.1, -0.05) is 0 Å². The standard InChI is InChI=1S/C13H17N5O2/c1-9(11-3-2-4-15-8-11)17-13-12(18(19)20)5-10(6-14)7-16-13/h5,7,9,11,15H,2-4,8H2,1H3,(H,16,17). The van der Waals surface area contributed by atoms with Gasteiger partial charge in [0.2, 0.25) is 5.82 Å². The second-order valence-electron chi connectivity index (χ2n) is 5.00. The van der Waals surface area contributed by atoms with Gasteiger partial charge in [-0.3, -0.25) is 10.1 Å². The van der Waals surface area contributed by atoms with Crippen LogP contribution in [0.4, 0.5) is 11.5 Å². The van der Waals surface area contributed by atoms with Crippen molar-refractivity contribution >= 4 is 11.5 Å². The van der Waals surface area contributed by atoms with Crippen molar-refractivity contribution in [3.05, 3.63) is 27.9 Å². The summed E-state index contributed by atoms with van der Waals surface area (Å²) in [4.78, 5) is 14.5. The lowest BCUT2D eigenvalue weighted by Gasteiger charge is -2.29. The lowest BCUT2D eigenvalue weighted by Crippen LogP contribution is -2.39. The molecule has 106 valence electrons. The first kappa shape index (κ1) is 14.2. The molecule has 1 aromatic rings. The molecule has 1 aliphatic heterocycles. The van der Waals surface area contributed by atoms with Crippen LogP contribution in [0.1, 0.15) is 25.3 Å². The highest BCUT2D eigenvalue weighted by molar-refractivity contribution is 5.58. The molecule has 0 aromatic carbocycles. The highest BCUT2D eigenvalue weighted by Crippen LogP contribution is 2.25. The lowest BCUT2D eigenvalue weighted by atomic mass is 9.93. The number of nitriles is 1. The molecule has 20 heavy (non-hydrogen) atoms. The molecule has 0 amide bonds. The topological polar surface area (TPSA) is 104 Å². The van der Waals surface area contributed by atoms with Gasteiger partial charge in [0, 0.05) is 18.3 Å². The summed E-state index contributed by atoms with van der Waals surface area (Å²) in [6.45, 7) is 3.93. The van der Waals surface area contributed by atoms with Gasteiger partial charge in [0.05, 0.1) is 10.5 Å². The number of anilines is 1. The van der Waals surface area contributed by atoms with E-state index in [1.54, 1.807) is 0 Å². The molecule has 0 saturated carbocycles. The number of hydrogen-bond acceptors (Lipinski definition) is 6. The van der Waals surface area contributed by atoms with Crippen LogP contribution in [0.5, 0.6) is 0 Å². The van der Waals surface area contributed by atoms with E-state index in [9.17, 15) is 10.1 Å². The van der Waals surface area contributed by atoms with Crippen LogP contribution in [0.2, 0.25) is 0 Å². The molecular formula is C13H17N5O2. The zero-order valence-corrected chi connectivity index (χ0v) is 11.3. The number of nitro groups is 1. The van der Waals surface area contributed by atoms with Crippen LogP contribution in [0.15, 0.2) is 12.3 Å². The smallest absolute Gasteiger partial charge is 0.312 e. The van der Waals surface area contributed by atoms with Gasteiger partial charge in [-0.25, -0.2) is 4.98 Å². The molecule has 0 aliphatic carbocycles. The molecule has 2 N–H and O–H groups in total. The molecular weight excluding hydrogens is 258 g/mol. The molecule has 1 aromatic heterocycles. The minimum absolute atomic E-state index is 0.0851. The van der Waals surface area contributed by atoms with Gasteiger partial charge < -0.3 is 10.6 Å². The number of rotatable bonds is 4. The number of piperidine rings is 1. The maximum Gasteiger partial charge on any atom is 0.312 e. The fourth-order valence-electron chi connectivity index (χ4n) is 2.40. The van der Waals surface area contributed by atoms with Crippen molar-refractivity contribution in [1.29, 1.82) is 5.26 Å². The van der Waals surface area contributed by atoms with E-state index in [2.05, 4.69) is 15.6 Å². The van der Waals surface area contributed by atoms with Crippen LogP contribution in [0.3, 0.4) is 0 Å². The number of nitrogens with zero attached hydrogens (tertiary/aromatic N) is 3. The molecule has 1 fully saturated rings. The second-order valence-corrected chi connectivity index (χ2v) is 5.00. The predicted molar refractivity (Wildman–Crippen MR) is 74.3 cm³/mol. The largest absolute Gasteiger partial charge is 0.362 e. The third kappa shape index (κ3) is 3.22. The Morgan fingerprint density at radius 2 is 2.50 bits per heavy atom. The minimum atomic E-state index is -0.512. The van der Waals surface area contributed by atoms with E-state index in [1.165, 1.54) is 12.3 Å². The summed E-state index contributed by atoms with van der Waals surface area (Å²) in [5, 5.41) is 26.3. The molecule has 7 nitrogen and oxygen atoms in total. The lowest BCUT2D eigenvalue weighted by molar-refractivity contribution is -0.384. The van der Waals surface area contributed by atoms with E-state index in [-0.39, 0.29) is 23.1 Å². The fourth-order valence-corrected chi connectivity index (χ4v) is 2.40. The fraction of sp³-hybridized carbons (Fsp3) is 0.538. The molecule has 2 heterocycles. The van der Waals surface area contributed by atoms with Crippen molar-refractivity contribution < 1.29 is 4.92 Å². The van der Waals surface area contributed by atoms with E-state index in [0.717, 1.165) is 25.9 Å². The Kier molecular flexibility index (Phi) is 4.48. The Balaban J connectivity index is 2.15. The Hall–Kier alpha value is -2.20. The van der Waals surface area contributed by atoms with Gasteiger partial charge in [-0.2, -0.15) is 5.26 Å². The molecule has 2 rings (SSSR count). The first-order valence-corrected chi connectivity index (χ1v) is 6.63. The molecule has 1 aliphatic rings. The molecule has 2 unspecified atom stereocenters. The van der Waals surface area contributed by atoms with Gasteiger partial charge in [-0.05, 0) is 38.8 Å². The average molecular weight is 275 g/mol. The molecule has 0 bridgehead atoms. The van der Waals surface area contributed by atoms with E-state index >= 15 is 0 Å². The number of aromatic nitrogens is 1. The summed E-state index contributed by atoms with van der Waals surface area (Å²) in [5.41, 5.74) is 0.0360. The molecule has 0 spiro atoms. The number of hydrogen-bond donors (Lipinski definition) is 2. The van der Waals surface area contributed by atoms with Crippen molar-refractivity contribution in [2.24, 2.45) is 5.92 Å². The first-order valence-electron chi connectivity index (χ1n) is 6.63. The van der Waals surface area contributed by atoms with Crippen LogP contribution in [-0.4, -0.2) is 29.0 Å². The zero-order chi connectivity index (χ0) is 14.5. The Morgan fingerprint density at radius 3 is 3.10 bits per heavy atom. The van der Waals surface area contributed by atoms with E-state index in [0.29, 0.717) is 5.92 Å². The third-order valence-corrected chi connectivity index (χ3v) is 3.60. The summed E-state index contributed by atoms with van der Waals surface area (Å²) in [5.74, 6) is 0.646. The van der Waals surface area contributed by atoms with Crippen molar-refractivity contribution in [3.63, 3.8) is 0 Å². The van der Waals surface area contributed by atoms with Crippen molar-refractivity contribution in [3.8, 4) is 6.07 Å². The normalized spacial score (nSPS) is 19.9. The summed E-state index contributed by atoms with van der Waals surface area (Å²) in [6, 6.07) is 3.20. The van der Waals surface area contributed by atoms with Crippen molar-refractivity contribution in [1.82, 2.24) is 10.3 Å². The predicted octanol–water partition coefficient (Wildman–Crippen LogP) is 1.66. The number of pyridine rings is 1. The Morgan fingerprint density at radius 1 is 1.70 bits per heavy atom. The molecule has 2 atom stereocenters. The maximum absolute atomic E-state index is 11.1. The van der Waals surface area contributed by atoms with Crippen LogP contribution in [0.25, 0.3) is 0 Å². The molecule has 1 saturated heterocycles. The zero-order valence-electron chi connectivity index (χ0n) is 11.3. The van der Waals surface area contributed by atoms with Gasteiger partial charge in [-0.15, -0.1) is 0 Å². The summed E-state index contributed by atoms with van der Waals surface area (Å²) < 4.78 is 0. The first-order chi connectivity index (χ1) is 9.61. The monoisotopic (exact) mass is 275 g/mol. The third-order valence-electron chi connectivity index (χ3n) is 3.60. The van der Waals surface area contributed by atoms with Gasteiger partial charge in [0.25, 0.3) is 0 Å². The summed E-state index contributed by atoms with van der Waals surface area (Å²) in [7, 11) is 0. The maximum atomic E-state index is 11.1. The van der Waals surface area contributed by atoms with Crippen molar-refractivity contribution in [2.75, 3.05) is 18.4 Å². The summed E-state index contributed by atoms with van der Waals surface area (Å²) in [6.07, 6.45) is 3.55. The van der Waals surface area contributed by atoms with E-state index < -0.39 is 4.92 Å². The molecule has 7 heteroatoms. The number of nitrogens with one attached hydrogen (secondary N) is 2. The van der Waals surface area contributed by atoms with Crippen LogP contribution in [0, 0.1) is 27.4 Å². The Bertz CT molecular complexity index is 534. The minimum Gasteiger partial charge on any atom is -0.362 e. The summed E-state index contributed by atoms with van der Waals surface area (Å²) >= 11 is 0. The molecule has 0 radical (unpaired) electrons. The SMILES string of the molecule is CC(Nc1ncc(C#N)cc1[N+](=O)[O-])C1CCCNC1. The van der Waals surface area contributed by atoms with Gasteiger partial charge >= 0.3 is 5.69 Å². The average Bonchev–Trinajstić information content (AvgIpc) is 2.48. The highest BCUT2D eigenvalue weighted by atomic mass is 16.6. The quantitative estimate of drug-likeness (QED) is 0.639. The van der Waals surface area contributed by atoms with Gasteiger partial charge in [0.15, 0.2) is 0 Å². The van der Waals surface area contributed by atoms with Crippen LogP contribution < -0.4 is 10.6 Å². The van der Waals surface area contributed by atoms with Crippen LogP contribution >= 0.6 is 0 Å². The Labute approximate surface area is 117 Å². The van der Waals surface area contributed by atoms with E-state index in [4.69, 9.17) is 5.26 Å². The second kappa shape index (κ2) is 6.30. The van der Waals surface area contributed by atoms with Crippen LogP contribution in [-0.2, 0) is 0 Å². The van der Waals surface area contributed by atoms with Gasteiger partial charge in [0.1, 0.15) is 6.07 Å².